The Hall–Kier alpha value is -2.66. The van der Waals surface area contributed by atoms with Crippen LogP contribution in [0, 0.1) is 11.8 Å². The van der Waals surface area contributed by atoms with E-state index in [0.29, 0.717) is 37.6 Å². The molecule has 1 heterocycles. The third-order valence-corrected chi connectivity index (χ3v) is 8.50. The third kappa shape index (κ3) is 6.26. The lowest BCUT2D eigenvalue weighted by molar-refractivity contribution is -0.154. The number of hydrogen-bond donors (Lipinski definition) is 1. The fourth-order valence-electron chi connectivity index (χ4n) is 6.17. The molecule has 37 heavy (non-hydrogen) atoms. The average molecular weight is 505 g/mol. The van der Waals surface area contributed by atoms with E-state index in [9.17, 15) is 9.59 Å². The summed E-state index contributed by atoms with van der Waals surface area (Å²) >= 11 is 0. The maximum atomic E-state index is 14.4. The molecule has 2 N–H and O–H groups in total. The van der Waals surface area contributed by atoms with Gasteiger partial charge in [0.05, 0.1) is 19.1 Å². The van der Waals surface area contributed by atoms with Gasteiger partial charge in [-0.05, 0) is 67.2 Å². The van der Waals surface area contributed by atoms with Gasteiger partial charge in [0.2, 0.25) is 5.91 Å². The highest BCUT2D eigenvalue weighted by Crippen LogP contribution is 2.38. The SMILES string of the molecule is CCOC(=O)[C@@H](CCC1CCCCC1)C1(N)CCc2ccccc2N(Cc2ccc(C(C)C)cc2)C1=O. The van der Waals surface area contributed by atoms with Crippen molar-refractivity contribution in [1.82, 2.24) is 0 Å². The molecule has 1 amide bonds. The standard InChI is InChI=1S/C32H44N2O3/c1-4-37-30(35)28(19-16-24-10-6-5-7-11-24)32(33)21-20-27-12-8-9-13-29(27)34(31(32)36)22-25-14-17-26(18-15-25)23(2)3/h8-9,12-15,17-18,23-24,28H,4-7,10-11,16,19-22,33H2,1-3H3/t28-,32?/m1/s1. The van der Waals surface area contributed by atoms with Gasteiger partial charge >= 0.3 is 5.97 Å². The highest BCUT2D eigenvalue weighted by Gasteiger charge is 2.50. The number of esters is 1. The van der Waals surface area contributed by atoms with Crippen molar-refractivity contribution in [2.45, 2.75) is 96.6 Å². The quantitative estimate of drug-likeness (QED) is 0.394. The molecule has 5 nitrogen and oxygen atoms in total. The van der Waals surface area contributed by atoms with Gasteiger partial charge in [-0.3, -0.25) is 9.59 Å². The summed E-state index contributed by atoms with van der Waals surface area (Å²) < 4.78 is 5.53. The van der Waals surface area contributed by atoms with Crippen LogP contribution in [0.25, 0.3) is 0 Å². The number of nitrogens with two attached hydrogens (primary N) is 1. The molecule has 0 radical (unpaired) electrons. The molecule has 2 atom stereocenters. The second-order valence-electron chi connectivity index (χ2n) is 11.3. The Labute approximate surface area is 222 Å². The first-order chi connectivity index (χ1) is 17.8. The molecule has 5 heteroatoms. The van der Waals surface area contributed by atoms with Gasteiger partial charge in [0, 0.05) is 5.69 Å². The summed E-state index contributed by atoms with van der Waals surface area (Å²) in [6.45, 7) is 6.88. The Morgan fingerprint density at radius 3 is 2.46 bits per heavy atom. The van der Waals surface area contributed by atoms with Crippen LogP contribution < -0.4 is 10.6 Å². The molecule has 0 aromatic heterocycles. The van der Waals surface area contributed by atoms with Crippen molar-refractivity contribution in [3.63, 3.8) is 0 Å². The predicted molar refractivity (Wildman–Crippen MR) is 149 cm³/mol. The van der Waals surface area contributed by atoms with Crippen molar-refractivity contribution < 1.29 is 14.3 Å². The van der Waals surface area contributed by atoms with Crippen LogP contribution in [0.3, 0.4) is 0 Å². The van der Waals surface area contributed by atoms with Crippen LogP contribution in [-0.4, -0.2) is 24.0 Å². The fraction of sp³-hybridized carbons (Fsp3) is 0.562. The number of para-hydroxylation sites is 1. The minimum Gasteiger partial charge on any atom is -0.466 e. The Balaban J connectivity index is 1.66. The molecule has 1 aliphatic carbocycles. The van der Waals surface area contributed by atoms with Crippen molar-refractivity contribution >= 4 is 17.6 Å². The molecule has 1 fully saturated rings. The highest BCUT2D eigenvalue weighted by atomic mass is 16.5. The van der Waals surface area contributed by atoms with Crippen molar-refractivity contribution in [3.8, 4) is 0 Å². The summed E-state index contributed by atoms with van der Waals surface area (Å²) in [6.07, 6.45) is 8.79. The number of rotatable bonds is 9. The molecular weight excluding hydrogens is 460 g/mol. The number of amides is 1. The number of aryl methyl sites for hydroxylation is 1. The molecule has 2 aliphatic rings. The molecular formula is C32H44N2O3. The molecule has 2 aromatic carbocycles. The maximum absolute atomic E-state index is 14.4. The Bertz CT molecular complexity index is 1060. The zero-order valence-electron chi connectivity index (χ0n) is 22.9. The molecule has 0 bridgehead atoms. The summed E-state index contributed by atoms with van der Waals surface area (Å²) in [7, 11) is 0. The smallest absolute Gasteiger partial charge is 0.311 e. The monoisotopic (exact) mass is 504 g/mol. The number of anilines is 1. The normalized spacial score (nSPS) is 21.4. The van der Waals surface area contributed by atoms with Crippen LogP contribution in [0.5, 0.6) is 0 Å². The van der Waals surface area contributed by atoms with Gasteiger partial charge in [0.1, 0.15) is 5.54 Å². The van der Waals surface area contributed by atoms with E-state index < -0.39 is 11.5 Å². The van der Waals surface area contributed by atoms with Crippen molar-refractivity contribution in [3.05, 3.63) is 65.2 Å². The molecule has 200 valence electrons. The van der Waals surface area contributed by atoms with Crippen LogP contribution in [-0.2, 0) is 27.3 Å². The number of carbonyl (C=O) groups is 2. The van der Waals surface area contributed by atoms with Gasteiger partial charge in [-0.15, -0.1) is 0 Å². The first kappa shape index (κ1) is 27.4. The lowest BCUT2D eigenvalue weighted by atomic mass is 9.74. The van der Waals surface area contributed by atoms with Gasteiger partial charge < -0.3 is 15.4 Å². The second kappa shape index (κ2) is 12.3. The number of carbonyl (C=O) groups excluding carboxylic acids is 2. The molecule has 0 spiro atoms. The molecule has 1 saturated carbocycles. The summed E-state index contributed by atoms with van der Waals surface area (Å²) in [4.78, 5) is 29.6. The average Bonchev–Trinajstić information content (AvgIpc) is 3.01. The Morgan fingerprint density at radius 2 is 1.78 bits per heavy atom. The van der Waals surface area contributed by atoms with E-state index in [4.69, 9.17) is 10.5 Å². The lowest BCUT2D eigenvalue weighted by Crippen LogP contribution is -2.61. The van der Waals surface area contributed by atoms with E-state index in [1.54, 1.807) is 0 Å². The Kier molecular flexibility index (Phi) is 9.07. The van der Waals surface area contributed by atoms with Gasteiger partial charge in [0.25, 0.3) is 0 Å². The van der Waals surface area contributed by atoms with Crippen LogP contribution in [0.2, 0.25) is 0 Å². The van der Waals surface area contributed by atoms with Gasteiger partial charge in [-0.2, -0.15) is 0 Å². The van der Waals surface area contributed by atoms with Crippen LogP contribution in [0.4, 0.5) is 5.69 Å². The van der Waals surface area contributed by atoms with E-state index in [2.05, 4.69) is 44.2 Å². The zero-order chi connectivity index (χ0) is 26.4. The topological polar surface area (TPSA) is 72.6 Å². The van der Waals surface area contributed by atoms with E-state index in [1.165, 1.54) is 37.7 Å². The van der Waals surface area contributed by atoms with Crippen molar-refractivity contribution in [1.29, 1.82) is 0 Å². The van der Waals surface area contributed by atoms with Crippen molar-refractivity contribution in [2.24, 2.45) is 17.6 Å². The van der Waals surface area contributed by atoms with Crippen LogP contribution >= 0.6 is 0 Å². The molecule has 4 rings (SSSR count). The largest absolute Gasteiger partial charge is 0.466 e. The highest BCUT2D eigenvalue weighted by molar-refractivity contribution is 6.04. The molecule has 1 unspecified atom stereocenters. The number of hydrogen-bond acceptors (Lipinski definition) is 4. The molecule has 2 aromatic rings. The number of fused-ring (bicyclic) bond motifs is 1. The number of ether oxygens (including phenoxy) is 1. The van der Waals surface area contributed by atoms with E-state index in [1.807, 2.05) is 30.0 Å². The summed E-state index contributed by atoms with van der Waals surface area (Å²) in [6, 6.07) is 16.5. The minimum atomic E-state index is -1.31. The van der Waals surface area contributed by atoms with Crippen LogP contribution in [0.1, 0.15) is 94.7 Å². The summed E-state index contributed by atoms with van der Waals surface area (Å²) in [5.41, 5.74) is 10.1. The van der Waals surface area contributed by atoms with E-state index >= 15 is 0 Å². The van der Waals surface area contributed by atoms with Gasteiger partial charge in [-0.1, -0.05) is 88.4 Å². The third-order valence-electron chi connectivity index (χ3n) is 8.50. The predicted octanol–water partition coefficient (Wildman–Crippen LogP) is 6.53. The molecule has 0 saturated heterocycles. The fourth-order valence-corrected chi connectivity index (χ4v) is 6.17. The van der Waals surface area contributed by atoms with E-state index in [0.717, 1.165) is 23.2 Å². The Morgan fingerprint density at radius 1 is 1.08 bits per heavy atom. The zero-order valence-corrected chi connectivity index (χ0v) is 22.9. The van der Waals surface area contributed by atoms with Crippen LogP contribution in [0.15, 0.2) is 48.5 Å². The number of nitrogens with zero attached hydrogens (tertiary/aromatic N) is 1. The first-order valence-corrected chi connectivity index (χ1v) is 14.3. The first-order valence-electron chi connectivity index (χ1n) is 14.3. The molecule has 1 aliphatic heterocycles. The number of benzene rings is 2. The summed E-state index contributed by atoms with van der Waals surface area (Å²) in [5, 5.41) is 0. The van der Waals surface area contributed by atoms with Gasteiger partial charge in [-0.25, -0.2) is 0 Å². The second-order valence-corrected chi connectivity index (χ2v) is 11.3. The van der Waals surface area contributed by atoms with E-state index in [-0.39, 0.29) is 18.5 Å². The summed E-state index contributed by atoms with van der Waals surface area (Å²) in [5.74, 6) is -0.112. The van der Waals surface area contributed by atoms with Crippen molar-refractivity contribution in [2.75, 3.05) is 11.5 Å². The maximum Gasteiger partial charge on any atom is 0.311 e. The van der Waals surface area contributed by atoms with Gasteiger partial charge in [0.15, 0.2) is 0 Å². The minimum absolute atomic E-state index is 0.174. The lowest BCUT2D eigenvalue weighted by Gasteiger charge is -2.38.